The molecule has 1 aliphatic heterocycles. The Hall–Kier alpha value is -3.36. The molecule has 2 aromatic rings. The van der Waals surface area contributed by atoms with Crippen LogP contribution in [0.3, 0.4) is 0 Å². The molecule has 6 nitrogen and oxygen atoms in total. The molecule has 2 N–H and O–H groups in total. The van der Waals surface area contributed by atoms with E-state index in [2.05, 4.69) is 0 Å². The Labute approximate surface area is 164 Å². The first-order valence-corrected chi connectivity index (χ1v) is 8.83. The number of alkyl halides is 3. The predicted octanol–water partition coefficient (Wildman–Crippen LogP) is 3.03. The van der Waals surface area contributed by atoms with Crippen molar-refractivity contribution in [3.8, 4) is 0 Å². The fourth-order valence-corrected chi connectivity index (χ4v) is 3.05. The number of carbonyl (C=O) groups excluding carboxylic acids is 3. The van der Waals surface area contributed by atoms with Gasteiger partial charge in [0, 0.05) is 29.8 Å². The van der Waals surface area contributed by atoms with E-state index in [0.717, 1.165) is 24.3 Å². The number of amides is 3. The van der Waals surface area contributed by atoms with Gasteiger partial charge in [-0.15, -0.1) is 0 Å². The van der Waals surface area contributed by atoms with Crippen molar-refractivity contribution in [3.05, 3.63) is 65.2 Å². The molecule has 0 saturated carbocycles. The third-order valence-electron chi connectivity index (χ3n) is 4.65. The van der Waals surface area contributed by atoms with Crippen LogP contribution in [0.1, 0.15) is 39.1 Å². The lowest BCUT2D eigenvalue weighted by Gasteiger charge is -2.28. The van der Waals surface area contributed by atoms with Crippen molar-refractivity contribution >= 4 is 23.4 Å². The van der Waals surface area contributed by atoms with E-state index in [1.165, 1.54) is 34.1 Å². The molecule has 3 rings (SSSR count). The monoisotopic (exact) mass is 405 g/mol. The molecule has 0 radical (unpaired) electrons. The molecule has 0 aromatic heterocycles. The molecular formula is C20H18F3N3O3. The van der Waals surface area contributed by atoms with Gasteiger partial charge in [0.15, 0.2) is 0 Å². The summed E-state index contributed by atoms with van der Waals surface area (Å²) in [7, 11) is 0. The molecule has 3 amide bonds. The van der Waals surface area contributed by atoms with E-state index >= 15 is 0 Å². The minimum absolute atomic E-state index is 0.0450. The fourth-order valence-electron chi connectivity index (χ4n) is 3.05. The second kappa shape index (κ2) is 7.94. The molecule has 0 aliphatic carbocycles. The SMILES string of the molecule is NC(=O)c1ccc(N(CN2CCCC2=O)C(=O)c2ccc(C(F)(F)F)cc2)cc1. The van der Waals surface area contributed by atoms with Gasteiger partial charge in [0.2, 0.25) is 11.8 Å². The summed E-state index contributed by atoms with van der Waals surface area (Å²) in [5.41, 5.74) is 5.04. The van der Waals surface area contributed by atoms with Crippen LogP contribution in [0.4, 0.5) is 18.9 Å². The highest BCUT2D eigenvalue weighted by atomic mass is 19.4. The number of anilines is 1. The van der Waals surface area contributed by atoms with E-state index in [0.29, 0.717) is 25.1 Å². The molecule has 1 heterocycles. The lowest BCUT2D eigenvalue weighted by atomic mass is 10.1. The van der Waals surface area contributed by atoms with Gasteiger partial charge in [-0.25, -0.2) is 0 Å². The van der Waals surface area contributed by atoms with Crippen LogP contribution in [0.5, 0.6) is 0 Å². The zero-order valence-electron chi connectivity index (χ0n) is 15.3. The summed E-state index contributed by atoms with van der Waals surface area (Å²) in [6.45, 7) is 0.434. The van der Waals surface area contributed by atoms with Gasteiger partial charge in [-0.3, -0.25) is 19.3 Å². The molecular weight excluding hydrogens is 387 g/mol. The van der Waals surface area contributed by atoms with Crippen LogP contribution in [0.25, 0.3) is 0 Å². The molecule has 0 bridgehead atoms. The Bertz CT molecular complexity index is 925. The van der Waals surface area contributed by atoms with Gasteiger partial charge in [-0.2, -0.15) is 13.2 Å². The number of carbonyl (C=O) groups is 3. The zero-order valence-corrected chi connectivity index (χ0v) is 15.3. The van der Waals surface area contributed by atoms with Crippen molar-refractivity contribution in [3.63, 3.8) is 0 Å². The Kier molecular flexibility index (Phi) is 5.58. The maximum absolute atomic E-state index is 13.0. The van der Waals surface area contributed by atoms with E-state index in [9.17, 15) is 27.6 Å². The highest BCUT2D eigenvalue weighted by Crippen LogP contribution is 2.29. The number of nitrogens with zero attached hydrogens (tertiary/aromatic N) is 2. The first-order valence-electron chi connectivity index (χ1n) is 8.83. The topological polar surface area (TPSA) is 83.7 Å². The summed E-state index contributed by atoms with van der Waals surface area (Å²) < 4.78 is 38.4. The van der Waals surface area contributed by atoms with E-state index < -0.39 is 23.6 Å². The first-order chi connectivity index (χ1) is 13.7. The van der Waals surface area contributed by atoms with E-state index in [1.807, 2.05) is 0 Å². The van der Waals surface area contributed by atoms with Crippen LogP contribution in [0.15, 0.2) is 48.5 Å². The van der Waals surface area contributed by atoms with Crippen molar-refractivity contribution in [2.24, 2.45) is 5.73 Å². The van der Waals surface area contributed by atoms with Gasteiger partial charge in [-0.05, 0) is 55.0 Å². The van der Waals surface area contributed by atoms with Crippen molar-refractivity contribution in [2.45, 2.75) is 19.0 Å². The van der Waals surface area contributed by atoms with Crippen LogP contribution in [0.2, 0.25) is 0 Å². The van der Waals surface area contributed by atoms with E-state index in [1.54, 1.807) is 0 Å². The molecule has 0 atom stereocenters. The zero-order chi connectivity index (χ0) is 21.2. The summed E-state index contributed by atoms with van der Waals surface area (Å²) in [6, 6.07) is 9.76. The summed E-state index contributed by atoms with van der Waals surface area (Å²) in [5, 5.41) is 0. The second-order valence-corrected chi connectivity index (χ2v) is 6.62. The number of nitrogens with two attached hydrogens (primary N) is 1. The van der Waals surface area contributed by atoms with Gasteiger partial charge < -0.3 is 10.6 Å². The average Bonchev–Trinajstić information content (AvgIpc) is 3.09. The lowest BCUT2D eigenvalue weighted by molar-refractivity contribution is -0.137. The van der Waals surface area contributed by atoms with Crippen LogP contribution in [0, 0.1) is 0 Å². The molecule has 1 aliphatic rings. The van der Waals surface area contributed by atoms with Gasteiger partial charge in [0.1, 0.15) is 6.67 Å². The predicted molar refractivity (Wildman–Crippen MR) is 99.0 cm³/mol. The summed E-state index contributed by atoms with van der Waals surface area (Å²) >= 11 is 0. The molecule has 152 valence electrons. The third-order valence-corrected chi connectivity index (χ3v) is 4.65. The Balaban J connectivity index is 1.92. The summed E-state index contributed by atoms with van der Waals surface area (Å²) in [6.07, 6.45) is -3.46. The maximum Gasteiger partial charge on any atom is 0.416 e. The maximum atomic E-state index is 13.0. The minimum atomic E-state index is -4.51. The normalized spacial score (nSPS) is 14.2. The van der Waals surface area contributed by atoms with Gasteiger partial charge in [0.05, 0.1) is 5.56 Å². The van der Waals surface area contributed by atoms with Crippen LogP contribution in [-0.4, -0.2) is 35.8 Å². The molecule has 0 spiro atoms. The number of benzene rings is 2. The van der Waals surface area contributed by atoms with Gasteiger partial charge in [-0.1, -0.05) is 0 Å². The van der Waals surface area contributed by atoms with E-state index in [-0.39, 0.29) is 23.7 Å². The average molecular weight is 405 g/mol. The number of halogens is 3. The van der Waals surface area contributed by atoms with Crippen LogP contribution in [-0.2, 0) is 11.0 Å². The van der Waals surface area contributed by atoms with Crippen molar-refractivity contribution in [1.82, 2.24) is 4.90 Å². The highest BCUT2D eigenvalue weighted by molar-refractivity contribution is 6.06. The number of hydrogen-bond donors (Lipinski definition) is 1. The minimum Gasteiger partial charge on any atom is -0.366 e. The third kappa shape index (κ3) is 4.56. The Morgan fingerprint density at radius 1 is 1.00 bits per heavy atom. The highest BCUT2D eigenvalue weighted by Gasteiger charge is 2.31. The van der Waals surface area contributed by atoms with Gasteiger partial charge in [0.25, 0.3) is 5.91 Å². The number of likely N-dealkylation sites (tertiary alicyclic amines) is 1. The number of rotatable bonds is 5. The molecule has 0 unspecified atom stereocenters. The van der Waals surface area contributed by atoms with Crippen molar-refractivity contribution < 1.29 is 27.6 Å². The molecule has 9 heteroatoms. The smallest absolute Gasteiger partial charge is 0.366 e. The van der Waals surface area contributed by atoms with Crippen molar-refractivity contribution in [2.75, 3.05) is 18.1 Å². The van der Waals surface area contributed by atoms with Crippen molar-refractivity contribution in [1.29, 1.82) is 0 Å². The quantitative estimate of drug-likeness (QED) is 0.830. The molecule has 29 heavy (non-hydrogen) atoms. The number of hydrogen-bond acceptors (Lipinski definition) is 3. The van der Waals surface area contributed by atoms with E-state index in [4.69, 9.17) is 5.73 Å². The molecule has 2 aromatic carbocycles. The first kappa shape index (κ1) is 20.4. The fraction of sp³-hybridized carbons (Fsp3) is 0.250. The molecule has 1 fully saturated rings. The summed E-state index contributed by atoms with van der Waals surface area (Å²) in [5.74, 6) is -1.30. The van der Waals surface area contributed by atoms with Gasteiger partial charge >= 0.3 is 6.18 Å². The standard InChI is InChI=1S/C20H18F3N3O3/c21-20(22,23)15-7-3-14(4-8-15)19(29)26(12-25-11-1-2-17(25)27)16-9-5-13(6-10-16)18(24)28/h3-10H,1-2,11-12H2,(H2,24,28). The van der Waals surface area contributed by atoms with Crippen LogP contribution >= 0.6 is 0 Å². The second-order valence-electron chi connectivity index (χ2n) is 6.62. The Morgan fingerprint density at radius 3 is 2.07 bits per heavy atom. The number of primary amides is 1. The molecule has 1 saturated heterocycles. The largest absolute Gasteiger partial charge is 0.416 e. The van der Waals surface area contributed by atoms with Crippen LogP contribution < -0.4 is 10.6 Å². The summed E-state index contributed by atoms with van der Waals surface area (Å²) in [4.78, 5) is 39.1. The Morgan fingerprint density at radius 2 is 1.59 bits per heavy atom. The lowest BCUT2D eigenvalue weighted by Crippen LogP contribution is -2.42.